The van der Waals surface area contributed by atoms with Crippen molar-refractivity contribution >= 4 is 11.8 Å². The lowest BCUT2D eigenvalue weighted by atomic mass is 10.1. The average molecular weight is 426 g/mol. The average Bonchev–Trinajstić information content (AvgIpc) is 3.17. The Morgan fingerprint density at radius 1 is 1.16 bits per heavy atom. The van der Waals surface area contributed by atoms with Crippen LogP contribution in [0.1, 0.15) is 67.6 Å². The molecule has 2 aromatic heterocycles. The Bertz CT molecular complexity index is 1120. The summed E-state index contributed by atoms with van der Waals surface area (Å²) in [5.74, 6) is -1.24. The molecule has 31 heavy (non-hydrogen) atoms. The lowest BCUT2D eigenvalue weighted by Crippen LogP contribution is -2.16. The van der Waals surface area contributed by atoms with Crippen molar-refractivity contribution in [2.45, 2.75) is 47.3 Å². The third-order valence-corrected chi connectivity index (χ3v) is 5.58. The molecule has 0 saturated heterocycles. The van der Waals surface area contributed by atoms with E-state index in [9.17, 15) is 19.1 Å². The minimum Gasteiger partial charge on any atom is -0.453 e. The minimum atomic E-state index is -0.717. The van der Waals surface area contributed by atoms with E-state index < -0.39 is 12.1 Å². The molecule has 0 bridgehead atoms. The maximum Gasteiger partial charge on any atom is 0.355 e. The van der Waals surface area contributed by atoms with Gasteiger partial charge in [-0.3, -0.25) is 4.79 Å². The fourth-order valence-electron chi connectivity index (χ4n) is 3.98. The number of hydrogen-bond acceptors (Lipinski definition) is 4. The summed E-state index contributed by atoms with van der Waals surface area (Å²) in [5.41, 5.74) is 5.24. The maximum atomic E-state index is 13.1. The molecule has 0 spiro atoms. The van der Waals surface area contributed by atoms with E-state index in [-0.39, 0.29) is 23.9 Å². The summed E-state index contributed by atoms with van der Waals surface area (Å²) >= 11 is 0. The summed E-state index contributed by atoms with van der Waals surface area (Å²) in [5, 5.41) is 9.88. The van der Waals surface area contributed by atoms with Crippen LogP contribution in [0.25, 0.3) is 0 Å². The van der Waals surface area contributed by atoms with E-state index in [1.807, 2.05) is 18.4 Å². The normalized spacial score (nSPS) is 12.1. The van der Waals surface area contributed by atoms with Crippen LogP contribution < -0.4 is 0 Å². The summed E-state index contributed by atoms with van der Waals surface area (Å²) in [7, 11) is 0. The topological polar surface area (TPSA) is 84.3 Å². The van der Waals surface area contributed by atoms with Crippen molar-refractivity contribution in [3.05, 3.63) is 81.2 Å². The van der Waals surface area contributed by atoms with Gasteiger partial charge >= 0.3 is 5.97 Å². The molecule has 0 amide bonds. The van der Waals surface area contributed by atoms with E-state index in [0.29, 0.717) is 28.9 Å². The predicted octanol–water partition coefficient (Wildman–Crippen LogP) is 4.33. The maximum absolute atomic E-state index is 13.1. The summed E-state index contributed by atoms with van der Waals surface area (Å²) in [6.07, 6.45) is -0.717. The summed E-state index contributed by atoms with van der Waals surface area (Å²) in [6.45, 7) is 8.97. The number of aliphatic hydroxyl groups excluding tert-OH is 1. The van der Waals surface area contributed by atoms with Gasteiger partial charge in [0.1, 0.15) is 11.5 Å². The van der Waals surface area contributed by atoms with Gasteiger partial charge in [-0.25, -0.2) is 9.18 Å². The van der Waals surface area contributed by atoms with Crippen molar-refractivity contribution in [3.8, 4) is 0 Å². The number of aromatic nitrogens is 2. The van der Waals surface area contributed by atoms with Gasteiger partial charge in [0.05, 0.1) is 6.10 Å². The molecule has 3 aromatic rings. The Morgan fingerprint density at radius 3 is 2.39 bits per heavy atom. The van der Waals surface area contributed by atoms with E-state index in [0.717, 1.165) is 17.0 Å². The monoisotopic (exact) mass is 426 g/mol. The van der Waals surface area contributed by atoms with E-state index in [1.165, 1.54) is 12.1 Å². The number of aryl methyl sites for hydroxylation is 2. The van der Waals surface area contributed by atoms with Gasteiger partial charge in [0, 0.05) is 34.8 Å². The van der Waals surface area contributed by atoms with Gasteiger partial charge < -0.3 is 19.4 Å². The van der Waals surface area contributed by atoms with Crippen LogP contribution in [0.5, 0.6) is 0 Å². The number of halogens is 1. The Kier molecular flexibility index (Phi) is 6.45. The molecule has 0 aliphatic carbocycles. The number of Topliss-reactive ketones (excluding diaryl/α,β-unsaturated/α-hetero) is 1. The highest BCUT2D eigenvalue weighted by molar-refractivity contribution is 6.00. The van der Waals surface area contributed by atoms with Crippen molar-refractivity contribution in [1.29, 1.82) is 0 Å². The molecular weight excluding hydrogens is 399 g/mol. The fraction of sp³-hybridized carbons (Fsp3) is 0.333. The van der Waals surface area contributed by atoms with Gasteiger partial charge in [-0.2, -0.15) is 0 Å². The number of esters is 1. The number of aliphatic hydroxyl groups is 1. The SMILES string of the molecule is Cc1[nH]c(C(=O)OCC(=O)c2cc(C)n(Cc3ccc(F)cc3)c2C)c(C)c1[C@@H](C)O. The Labute approximate surface area is 180 Å². The van der Waals surface area contributed by atoms with Crippen LogP contribution in [-0.2, 0) is 11.3 Å². The number of ether oxygens (including phenoxy) is 1. The number of carbonyl (C=O) groups excluding carboxylic acids is 2. The van der Waals surface area contributed by atoms with Crippen LogP contribution in [0.3, 0.4) is 0 Å². The van der Waals surface area contributed by atoms with Crippen LogP contribution in [-0.4, -0.2) is 33.0 Å². The summed E-state index contributed by atoms with van der Waals surface area (Å²) in [6, 6.07) is 7.99. The molecule has 2 heterocycles. The number of benzene rings is 1. The number of rotatable bonds is 7. The third-order valence-electron chi connectivity index (χ3n) is 5.58. The molecule has 6 nitrogen and oxygen atoms in total. The number of ketones is 1. The summed E-state index contributed by atoms with van der Waals surface area (Å²) < 4.78 is 20.4. The Balaban J connectivity index is 1.72. The predicted molar refractivity (Wildman–Crippen MR) is 115 cm³/mol. The van der Waals surface area contributed by atoms with Crippen LogP contribution >= 0.6 is 0 Å². The van der Waals surface area contributed by atoms with Gasteiger partial charge in [0.25, 0.3) is 0 Å². The molecule has 3 rings (SSSR count). The zero-order chi connectivity index (χ0) is 22.9. The zero-order valence-electron chi connectivity index (χ0n) is 18.4. The molecule has 0 saturated carbocycles. The molecule has 0 fully saturated rings. The van der Waals surface area contributed by atoms with Crippen molar-refractivity contribution in [3.63, 3.8) is 0 Å². The van der Waals surface area contributed by atoms with Gasteiger partial charge in [0.15, 0.2) is 6.61 Å². The van der Waals surface area contributed by atoms with Crippen molar-refractivity contribution in [2.75, 3.05) is 6.61 Å². The summed E-state index contributed by atoms with van der Waals surface area (Å²) in [4.78, 5) is 28.2. The molecular formula is C24H27FN2O4. The van der Waals surface area contributed by atoms with E-state index >= 15 is 0 Å². The highest BCUT2D eigenvalue weighted by atomic mass is 19.1. The van der Waals surface area contributed by atoms with Crippen molar-refractivity contribution < 1.29 is 23.8 Å². The highest BCUT2D eigenvalue weighted by Crippen LogP contribution is 2.25. The van der Waals surface area contributed by atoms with Crippen molar-refractivity contribution in [1.82, 2.24) is 9.55 Å². The zero-order valence-corrected chi connectivity index (χ0v) is 18.4. The second-order valence-corrected chi connectivity index (χ2v) is 7.84. The quantitative estimate of drug-likeness (QED) is 0.435. The molecule has 1 aromatic carbocycles. The first kappa shape index (κ1) is 22.5. The number of H-pyrrole nitrogens is 1. The number of aromatic amines is 1. The second-order valence-electron chi connectivity index (χ2n) is 7.84. The number of nitrogens with one attached hydrogen (secondary N) is 1. The Morgan fingerprint density at radius 2 is 1.81 bits per heavy atom. The lowest BCUT2D eigenvalue weighted by molar-refractivity contribution is 0.0468. The molecule has 0 radical (unpaired) electrons. The fourth-order valence-corrected chi connectivity index (χ4v) is 3.98. The largest absolute Gasteiger partial charge is 0.453 e. The second kappa shape index (κ2) is 8.89. The molecule has 1 atom stereocenters. The number of nitrogens with zero attached hydrogens (tertiary/aromatic N) is 1. The van der Waals surface area contributed by atoms with Crippen LogP contribution in [0, 0.1) is 33.5 Å². The van der Waals surface area contributed by atoms with E-state index in [4.69, 9.17) is 4.74 Å². The molecule has 0 aliphatic rings. The number of hydrogen-bond donors (Lipinski definition) is 2. The van der Waals surface area contributed by atoms with Gasteiger partial charge in [0.2, 0.25) is 5.78 Å². The molecule has 0 unspecified atom stereocenters. The smallest absolute Gasteiger partial charge is 0.355 e. The lowest BCUT2D eigenvalue weighted by Gasteiger charge is -2.10. The van der Waals surface area contributed by atoms with Crippen molar-refractivity contribution in [2.24, 2.45) is 0 Å². The van der Waals surface area contributed by atoms with E-state index in [1.54, 1.807) is 39.0 Å². The van der Waals surface area contributed by atoms with Crippen LogP contribution in [0.2, 0.25) is 0 Å². The third kappa shape index (κ3) is 4.61. The Hall–Kier alpha value is -3.19. The molecule has 0 aliphatic heterocycles. The van der Waals surface area contributed by atoms with Crippen LogP contribution in [0.15, 0.2) is 30.3 Å². The van der Waals surface area contributed by atoms with E-state index in [2.05, 4.69) is 4.98 Å². The minimum absolute atomic E-state index is 0.239. The molecule has 7 heteroatoms. The van der Waals surface area contributed by atoms with Crippen LogP contribution in [0.4, 0.5) is 4.39 Å². The van der Waals surface area contributed by atoms with Gasteiger partial charge in [-0.05, 0) is 63.9 Å². The standard InChI is InChI=1S/C24H27FN2O4/c1-13-10-20(16(4)27(13)11-18-6-8-19(25)9-7-18)21(29)12-31-24(30)23-14(2)22(17(5)28)15(3)26-23/h6-10,17,26,28H,11-12H2,1-5H3/t17-/m1/s1. The van der Waals surface area contributed by atoms with Gasteiger partial charge in [-0.15, -0.1) is 0 Å². The van der Waals surface area contributed by atoms with Gasteiger partial charge in [-0.1, -0.05) is 12.1 Å². The highest BCUT2D eigenvalue weighted by Gasteiger charge is 2.23. The first-order chi connectivity index (χ1) is 14.6. The molecule has 2 N–H and O–H groups in total. The first-order valence-electron chi connectivity index (χ1n) is 10.1. The first-order valence-corrected chi connectivity index (χ1v) is 10.1. The number of carbonyl (C=O) groups is 2. The molecule has 164 valence electrons.